The minimum absolute atomic E-state index is 0.109. The number of thiophene rings is 1. The van der Waals surface area contributed by atoms with Gasteiger partial charge in [-0.05, 0) is 11.4 Å². The number of nitrogens with zero attached hydrogens (tertiary/aromatic N) is 2. The van der Waals surface area contributed by atoms with E-state index in [0.717, 1.165) is 4.88 Å². The SMILES string of the molecule is COCCC(=O)N1CCN(C(=O)Cc2cccs2)CC1. The molecule has 0 saturated carbocycles. The molecule has 6 heteroatoms. The fraction of sp³-hybridized carbons (Fsp3) is 0.571. The highest BCUT2D eigenvalue weighted by atomic mass is 32.1. The normalized spacial score (nSPS) is 15.4. The number of ether oxygens (including phenoxy) is 1. The fourth-order valence-electron chi connectivity index (χ4n) is 2.23. The molecule has 2 amide bonds. The zero-order valence-corrected chi connectivity index (χ0v) is 12.5. The molecule has 1 fully saturated rings. The molecule has 0 spiro atoms. The second kappa shape index (κ2) is 7.40. The highest BCUT2D eigenvalue weighted by Gasteiger charge is 2.23. The van der Waals surface area contributed by atoms with Crippen molar-refractivity contribution in [1.82, 2.24) is 9.80 Å². The van der Waals surface area contributed by atoms with Gasteiger partial charge in [0, 0.05) is 38.2 Å². The first-order valence-corrected chi connectivity index (χ1v) is 7.65. The summed E-state index contributed by atoms with van der Waals surface area (Å²) in [5, 5.41) is 1.98. The smallest absolute Gasteiger partial charge is 0.227 e. The zero-order chi connectivity index (χ0) is 14.4. The van der Waals surface area contributed by atoms with Gasteiger partial charge in [0.2, 0.25) is 11.8 Å². The number of piperazine rings is 1. The zero-order valence-electron chi connectivity index (χ0n) is 11.7. The van der Waals surface area contributed by atoms with Crippen LogP contribution in [0.15, 0.2) is 17.5 Å². The van der Waals surface area contributed by atoms with E-state index in [4.69, 9.17) is 4.74 Å². The van der Waals surface area contributed by atoms with Gasteiger partial charge in [-0.3, -0.25) is 9.59 Å². The minimum atomic E-state index is 0.109. The van der Waals surface area contributed by atoms with Gasteiger partial charge < -0.3 is 14.5 Å². The Morgan fingerprint density at radius 1 is 1.20 bits per heavy atom. The van der Waals surface area contributed by atoms with E-state index in [1.165, 1.54) is 0 Å². The van der Waals surface area contributed by atoms with Crippen molar-refractivity contribution in [3.63, 3.8) is 0 Å². The number of hydrogen-bond donors (Lipinski definition) is 0. The van der Waals surface area contributed by atoms with Gasteiger partial charge in [0.1, 0.15) is 0 Å². The maximum Gasteiger partial charge on any atom is 0.227 e. The summed E-state index contributed by atoms with van der Waals surface area (Å²) in [5.41, 5.74) is 0. The third kappa shape index (κ3) is 4.05. The fourth-order valence-corrected chi connectivity index (χ4v) is 2.92. The Bertz CT molecular complexity index is 439. The van der Waals surface area contributed by atoms with E-state index in [1.807, 2.05) is 27.3 Å². The van der Waals surface area contributed by atoms with E-state index in [-0.39, 0.29) is 11.8 Å². The third-order valence-electron chi connectivity index (χ3n) is 3.41. The van der Waals surface area contributed by atoms with Crippen molar-refractivity contribution < 1.29 is 14.3 Å². The first kappa shape index (κ1) is 15.0. The Kier molecular flexibility index (Phi) is 5.55. The Balaban J connectivity index is 1.76. The van der Waals surface area contributed by atoms with Crippen LogP contribution in [0.1, 0.15) is 11.3 Å². The molecule has 0 aromatic carbocycles. The van der Waals surface area contributed by atoms with Crippen molar-refractivity contribution in [2.45, 2.75) is 12.8 Å². The van der Waals surface area contributed by atoms with Gasteiger partial charge in [-0.15, -0.1) is 11.3 Å². The topological polar surface area (TPSA) is 49.9 Å². The van der Waals surface area contributed by atoms with Gasteiger partial charge in [0.15, 0.2) is 0 Å². The van der Waals surface area contributed by atoms with E-state index in [1.54, 1.807) is 18.4 Å². The van der Waals surface area contributed by atoms with E-state index in [2.05, 4.69) is 0 Å². The number of amides is 2. The van der Waals surface area contributed by atoms with Crippen molar-refractivity contribution in [2.24, 2.45) is 0 Å². The summed E-state index contributed by atoms with van der Waals surface area (Å²) in [4.78, 5) is 28.7. The quantitative estimate of drug-likeness (QED) is 0.814. The maximum atomic E-state index is 12.1. The van der Waals surface area contributed by atoms with E-state index in [9.17, 15) is 9.59 Å². The Morgan fingerprint density at radius 3 is 2.40 bits per heavy atom. The molecule has 1 aliphatic heterocycles. The monoisotopic (exact) mass is 296 g/mol. The van der Waals surface area contributed by atoms with Crippen LogP contribution in [0, 0.1) is 0 Å². The van der Waals surface area contributed by atoms with Crippen molar-refractivity contribution in [3.05, 3.63) is 22.4 Å². The molecule has 0 N–H and O–H groups in total. The number of carbonyl (C=O) groups is 2. The number of rotatable bonds is 5. The van der Waals surface area contributed by atoms with Crippen LogP contribution >= 0.6 is 11.3 Å². The van der Waals surface area contributed by atoms with Crippen LogP contribution in [0.3, 0.4) is 0 Å². The average Bonchev–Trinajstić information content (AvgIpc) is 2.97. The lowest BCUT2D eigenvalue weighted by Gasteiger charge is -2.34. The molecule has 0 bridgehead atoms. The van der Waals surface area contributed by atoms with Crippen LogP contribution in [0.4, 0.5) is 0 Å². The molecule has 110 valence electrons. The predicted octanol–water partition coefficient (Wildman–Crippen LogP) is 0.998. The molecule has 1 saturated heterocycles. The molecule has 0 aliphatic carbocycles. The molecule has 1 aliphatic rings. The average molecular weight is 296 g/mol. The number of carbonyl (C=O) groups excluding carboxylic acids is 2. The Hall–Kier alpha value is -1.40. The lowest BCUT2D eigenvalue weighted by atomic mass is 10.2. The van der Waals surface area contributed by atoms with Crippen LogP contribution in [0.5, 0.6) is 0 Å². The van der Waals surface area contributed by atoms with Crippen LogP contribution in [0.2, 0.25) is 0 Å². The summed E-state index contributed by atoms with van der Waals surface area (Å²) in [6, 6.07) is 3.94. The van der Waals surface area contributed by atoms with Gasteiger partial charge in [0.05, 0.1) is 19.4 Å². The highest BCUT2D eigenvalue weighted by Crippen LogP contribution is 2.12. The van der Waals surface area contributed by atoms with E-state index >= 15 is 0 Å². The van der Waals surface area contributed by atoms with Crippen molar-refractivity contribution in [3.8, 4) is 0 Å². The van der Waals surface area contributed by atoms with E-state index in [0.29, 0.717) is 45.6 Å². The molecule has 5 nitrogen and oxygen atoms in total. The van der Waals surface area contributed by atoms with Crippen LogP contribution < -0.4 is 0 Å². The molecule has 20 heavy (non-hydrogen) atoms. The van der Waals surface area contributed by atoms with Gasteiger partial charge in [-0.25, -0.2) is 0 Å². The third-order valence-corrected chi connectivity index (χ3v) is 4.29. The van der Waals surface area contributed by atoms with Crippen LogP contribution in [0.25, 0.3) is 0 Å². The molecule has 0 atom stereocenters. The Labute approximate surface area is 123 Å². The summed E-state index contributed by atoms with van der Waals surface area (Å²) in [6.07, 6.45) is 0.884. The van der Waals surface area contributed by atoms with Crippen LogP contribution in [-0.4, -0.2) is 61.5 Å². The first-order valence-electron chi connectivity index (χ1n) is 6.77. The standard InChI is InChI=1S/C14H20N2O3S/c1-19-9-4-13(17)15-5-7-16(8-6-15)14(18)11-12-3-2-10-20-12/h2-3,10H,4-9,11H2,1H3. The Morgan fingerprint density at radius 2 is 1.85 bits per heavy atom. The van der Waals surface area contributed by atoms with Gasteiger partial charge in [0.25, 0.3) is 0 Å². The first-order chi connectivity index (χ1) is 9.70. The largest absolute Gasteiger partial charge is 0.384 e. The number of hydrogen-bond acceptors (Lipinski definition) is 4. The lowest BCUT2D eigenvalue weighted by Crippen LogP contribution is -2.51. The van der Waals surface area contributed by atoms with Crippen LogP contribution in [-0.2, 0) is 20.7 Å². The lowest BCUT2D eigenvalue weighted by molar-refractivity contribution is -0.139. The molecular weight excluding hydrogens is 276 g/mol. The molecule has 2 rings (SSSR count). The van der Waals surface area contributed by atoms with Gasteiger partial charge in [-0.2, -0.15) is 0 Å². The van der Waals surface area contributed by atoms with Gasteiger partial charge >= 0.3 is 0 Å². The van der Waals surface area contributed by atoms with Crippen molar-refractivity contribution in [1.29, 1.82) is 0 Å². The van der Waals surface area contributed by atoms with Gasteiger partial charge in [-0.1, -0.05) is 6.07 Å². The molecule has 2 heterocycles. The molecule has 0 unspecified atom stereocenters. The molecule has 0 radical (unpaired) electrons. The summed E-state index contributed by atoms with van der Waals surface area (Å²) >= 11 is 1.60. The van der Waals surface area contributed by atoms with Crippen molar-refractivity contribution in [2.75, 3.05) is 39.9 Å². The summed E-state index contributed by atoms with van der Waals surface area (Å²) in [6.45, 7) is 2.96. The minimum Gasteiger partial charge on any atom is -0.384 e. The molecular formula is C14H20N2O3S. The number of methoxy groups -OCH3 is 1. The summed E-state index contributed by atoms with van der Waals surface area (Å²) < 4.78 is 4.91. The highest BCUT2D eigenvalue weighted by molar-refractivity contribution is 7.10. The summed E-state index contributed by atoms with van der Waals surface area (Å²) in [5.74, 6) is 0.258. The summed E-state index contributed by atoms with van der Waals surface area (Å²) in [7, 11) is 1.59. The molecule has 1 aromatic rings. The maximum absolute atomic E-state index is 12.1. The van der Waals surface area contributed by atoms with E-state index < -0.39 is 0 Å². The second-order valence-electron chi connectivity index (χ2n) is 4.76. The predicted molar refractivity (Wildman–Crippen MR) is 77.7 cm³/mol. The second-order valence-corrected chi connectivity index (χ2v) is 5.79. The molecule has 1 aromatic heterocycles. The van der Waals surface area contributed by atoms with Crippen molar-refractivity contribution >= 4 is 23.2 Å².